The number of allylic oxidation sites excluding steroid dienone is 1. The van der Waals surface area contributed by atoms with E-state index in [4.69, 9.17) is 4.79 Å². The maximum Gasteiger partial charge on any atom is 0.145 e. The van der Waals surface area contributed by atoms with Crippen LogP contribution in [0.15, 0.2) is 12.4 Å². The molecular weight excluding hydrogens is 71.0 g/mol. The summed E-state index contributed by atoms with van der Waals surface area (Å²) in [7, 11) is 0. The predicted molar refractivity (Wildman–Crippen MR) is 16.3 cm³/mol. The molecule has 1 nitrogen and oxygen atoms in total. The lowest BCUT2D eigenvalue weighted by molar-refractivity contribution is -0.104. The van der Waals surface area contributed by atoms with Crippen LogP contribution < -0.4 is 0 Å². The smallest absolute Gasteiger partial charge is 0.145 e. The average molecular weight is 74.1 g/mol. The molecule has 28 valence electrons. The zero-order valence-electron chi connectivity index (χ0n) is 2.52. The number of hydrogen-bond donors (Lipinski definition) is 0. The van der Waals surface area contributed by atoms with Crippen LogP contribution in [0.2, 0.25) is 0 Å². The van der Waals surface area contributed by atoms with E-state index in [2.05, 4.69) is 0 Å². The van der Waals surface area contributed by atoms with Crippen LogP contribution in [-0.2, 0) is 4.79 Å². The highest BCUT2D eigenvalue weighted by atomic mass is 19.1. The molecule has 0 unspecified atom stereocenters. The van der Waals surface area contributed by atoms with E-state index < -0.39 is 0 Å². The molecule has 0 fully saturated rings. The Hall–Kier alpha value is -0.660. The molecule has 0 N–H and O–H groups in total. The van der Waals surface area contributed by atoms with Crippen molar-refractivity contribution in [1.29, 1.82) is 0 Å². The molecule has 0 aliphatic carbocycles. The van der Waals surface area contributed by atoms with Gasteiger partial charge in [0.05, 0.1) is 6.33 Å². The number of carbonyl (C=O) groups excluding carboxylic acids is 1. The Morgan fingerprint density at radius 1 is 1.60 bits per heavy atom. The van der Waals surface area contributed by atoms with Crippen molar-refractivity contribution in [1.82, 2.24) is 0 Å². The first-order valence-electron chi connectivity index (χ1n) is 1.12. The second kappa shape index (κ2) is 3.34. The number of hydrogen-bond acceptors (Lipinski definition) is 1. The van der Waals surface area contributed by atoms with Gasteiger partial charge in [-0.25, -0.2) is 4.39 Å². The van der Waals surface area contributed by atoms with Crippen molar-refractivity contribution in [3.05, 3.63) is 12.4 Å². The molecular formula is C3H3FO. The predicted octanol–water partition coefficient (Wildman–Crippen LogP) is 0.668. The molecule has 0 aliphatic rings. The topological polar surface area (TPSA) is 17.1 Å². The number of carbonyl (C=O) groups is 1. The normalized spacial score (nSPS) is 9.00. The van der Waals surface area contributed by atoms with Gasteiger partial charge in [-0.2, -0.15) is 0 Å². The van der Waals surface area contributed by atoms with Gasteiger partial charge in [-0.05, 0) is 0 Å². The molecule has 0 spiro atoms. The van der Waals surface area contributed by atoms with Gasteiger partial charge in [0.15, 0.2) is 0 Å². The first kappa shape index (κ1) is 4.34. The first-order chi connectivity index (χ1) is 2.41. The van der Waals surface area contributed by atoms with Gasteiger partial charge in [0.2, 0.25) is 0 Å². The number of aldehydes is 1. The van der Waals surface area contributed by atoms with Crippen molar-refractivity contribution in [3.8, 4) is 0 Å². The van der Waals surface area contributed by atoms with Crippen LogP contribution in [0.3, 0.4) is 0 Å². The van der Waals surface area contributed by atoms with Crippen molar-refractivity contribution in [2.24, 2.45) is 0 Å². The van der Waals surface area contributed by atoms with Gasteiger partial charge in [-0.1, -0.05) is 0 Å². The van der Waals surface area contributed by atoms with Gasteiger partial charge in [0.25, 0.3) is 0 Å². The Balaban J connectivity index is 2.92. The maximum absolute atomic E-state index is 10.6. The van der Waals surface area contributed by atoms with Crippen molar-refractivity contribution in [3.63, 3.8) is 0 Å². The lowest BCUT2D eigenvalue weighted by Gasteiger charge is -1.48. The Morgan fingerprint density at radius 3 is 2.20 bits per heavy atom. The molecule has 0 aromatic carbocycles. The fourth-order valence-electron chi connectivity index (χ4n) is 0.0297. The second-order valence-electron chi connectivity index (χ2n) is 0.455. The minimum atomic E-state index is 0.188. The third kappa shape index (κ3) is 3.34. The van der Waals surface area contributed by atoms with Gasteiger partial charge >= 0.3 is 0 Å². The minimum absolute atomic E-state index is 0.188. The van der Waals surface area contributed by atoms with Crippen LogP contribution in [0.25, 0.3) is 0 Å². The molecule has 0 amide bonds. The van der Waals surface area contributed by atoms with Crippen molar-refractivity contribution < 1.29 is 9.18 Å². The maximum atomic E-state index is 10.6. The van der Waals surface area contributed by atoms with E-state index >= 15 is 0 Å². The Bertz CT molecular complexity index is 48.9. The molecule has 0 aliphatic heterocycles. The minimum Gasteiger partial charge on any atom is -0.298 e. The quantitative estimate of drug-likeness (QED) is 0.330. The summed E-state index contributed by atoms with van der Waals surface area (Å²) in [4.78, 5) is 9.08. The molecule has 0 saturated carbocycles. The van der Waals surface area contributed by atoms with Gasteiger partial charge in [0, 0.05) is 6.08 Å². The third-order valence-electron chi connectivity index (χ3n) is 0.151. The Kier molecular flexibility index (Phi) is 2.90. The van der Waals surface area contributed by atoms with Gasteiger partial charge in [-0.3, -0.25) is 4.79 Å². The summed E-state index contributed by atoms with van der Waals surface area (Å²) in [5.41, 5.74) is 0. The number of halogens is 1. The van der Waals surface area contributed by atoms with Crippen molar-refractivity contribution in [2.45, 2.75) is 0 Å². The zero-order valence-corrected chi connectivity index (χ0v) is 2.52. The van der Waals surface area contributed by atoms with Crippen molar-refractivity contribution in [2.75, 3.05) is 0 Å². The monoisotopic (exact) mass is 74.0 g/mol. The molecule has 0 radical (unpaired) electrons. The van der Waals surface area contributed by atoms with E-state index in [9.17, 15) is 4.39 Å². The molecule has 0 aromatic heterocycles. The zero-order chi connectivity index (χ0) is 4.12. The summed E-state index contributed by atoms with van der Waals surface area (Å²) in [5, 5.41) is 0. The summed E-state index contributed by atoms with van der Waals surface area (Å²) < 4.78 is 10.6. The first-order valence-corrected chi connectivity index (χ1v) is 1.12. The van der Waals surface area contributed by atoms with E-state index in [1.54, 1.807) is 0 Å². The second-order valence-corrected chi connectivity index (χ2v) is 0.455. The van der Waals surface area contributed by atoms with Crippen LogP contribution in [0.5, 0.6) is 0 Å². The molecule has 0 atom stereocenters. The van der Waals surface area contributed by atoms with Crippen LogP contribution in [0.4, 0.5) is 4.39 Å². The van der Waals surface area contributed by atoms with E-state index in [0.29, 0.717) is 6.29 Å². The Labute approximate surface area is 29.1 Å². The summed E-state index contributed by atoms with van der Waals surface area (Å²) >= 11 is 0. The van der Waals surface area contributed by atoms with Gasteiger partial charge in [-0.15, -0.1) is 0 Å². The summed E-state index contributed by atoms with van der Waals surface area (Å²) in [5.74, 6) is 0. The lowest BCUT2D eigenvalue weighted by Crippen LogP contribution is -1.49. The summed E-state index contributed by atoms with van der Waals surface area (Å²) in [6, 6.07) is 0. The summed E-state index contributed by atoms with van der Waals surface area (Å²) in [6.45, 7) is 0. The van der Waals surface area contributed by atoms with Gasteiger partial charge in [0.1, 0.15) is 6.29 Å². The fourth-order valence-corrected chi connectivity index (χ4v) is 0.0297. The van der Waals surface area contributed by atoms with Gasteiger partial charge < -0.3 is 0 Å². The van der Waals surface area contributed by atoms with E-state index in [1.807, 2.05) is 0 Å². The standard InChI is InChI=1S/C3H3FO/c4-2-1-3-5/h1-3H. The van der Waals surface area contributed by atoms with Crippen LogP contribution in [-0.4, -0.2) is 6.29 Å². The average Bonchev–Trinajstić information content (AvgIpc) is 1.41. The lowest BCUT2D eigenvalue weighted by atomic mass is 10.7. The van der Waals surface area contributed by atoms with Crippen molar-refractivity contribution >= 4 is 6.29 Å². The molecule has 2 heteroatoms. The third-order valence-corrected chi connectivity index (χ3v) is 0.151. The molecule has 0 saturated heterocycles. The number of rotatable bonds is 1. The fraction of sp³-hybridized carbons (Fsp3) is 0. The highest BCUT2D eigenvalue weighted by molar-refractivity contribution is 5.63. The Morgan fingerprint density at radius 2 is 2.20 bits per heavy atom. The molecule has 0 bridgehead atoms. The van der Waals surface area contributed by atoms with E-state index in [-0.39, 0.29) is 6.33 Å². The SMILES string of the molecule is O=CC=CF. The van der Waals surface area contributed by atoms with E-state index in [1.165, 1.54) is 0 Å². The van der Waals surface area contributed by atoms with Crippen LogP contribution >= 0.6 is 0 Å². The van der Waals surface area contributed by atoms with Crippen LogP contribution in [0, 0.1) is 0 Å². The van der Waals surface area contributed by atoms with E-state index in [0.717, 1.165) is 6.08 Å². The highest BCUT2D eigenvalue weighted by Crippen LogP contribution is 1.61. The van der Waals surface area contributed by atoms with Crippen LogP contribution in [0.1, 0.15) is 0 Å². The summed E-state index contributed by atoms with van der Waals surface area (Å²) in [6.07, 6.45) is 1.34. The molecule has 5 heavy (non-hydrogen) atoms. The largest absolute Gasteiger partial charge is 0.298 e. The molecule has 0 heterocycles. The highest BCUT2D eigenvalue weighted by Gasteiger charge is 1.51. The molecule has 0 aromatic rings. The molecule has 0 rings (SSSR count).